The first-order valence-electron chi connectivity index (χ1n) is 6.97. The van der Waals surface area contributed by atoms with E-state index in [9.17, 15) is 9.59 Å². The molecule has 1 fully saturated rings. The van der Waals surface area contributed by atoms with E-state index >= 15 is 0 Å². The molecule has 0 atom stereocenters. The van der Waals surface area contributed by atoms with Gasteiger partial charge < -0.3 is 10.0 Å². The third-order valence-corrected chi connectivity index (χ3v) is 4.69. The zero-order chi connectivity index (χ0) is 15.5. The van der Waals surface area contributed by atoms with Gasteiger partial charge in [-0.2, -0.15) is 4.68 Å². The Balaban J connectivity index is 1.69. The Labute approximate surface area is 130 Å². The van der Waals surface area contributed by atoms with E-state index in [4.69, 9.17) is 5.11 Å². The van der Waals surface area contributed by atoms with Crippen molar-refractivity contribution in [3.63, 3.8) is 0 Å². The van der Waals surface area contributed by atoms with Crippen LogP contribution in [0, 0.1) is 5.92 Å². The molecule has 0 bridgehead atoms. The number of amides is 1. The van der Waals surface area contributed by atoms with E-state index < -0.39 is 5.97 Å². The van der Waals surface area contributed by atoms with Gasteiger partial charge in [0.1, 0.15) is 11.2 Å². The molecule has 0 spiro atoms. The van der Waals surface area contributed by atoms with Crippen molar-refractivity contribution in [3.8, 4) is 5.69 Å². The Kier molecular flexibility index (Phi) is 4.14. The lowest BCUT2D eigenvalue weighted by Crippen LogP contribution is -2.38. The Hall–Kier alpha value is -2.29. The second-order valence-corrected chi connectivity index (χ2v) is 6.14. The standard InChI is InChI=1S/C13H15N5O3S/c19-11(20)7-9-1-4-17(5-2-9)13(21)12-10(3-6-22-12)18-8-14-15-16-18/h3,6,8-9H,1-2,4-5,7H2,(H,19,20). The molecule has 2 aromatic rings. The molecule has 0 radical (unpaired) electrons. The van der Waals surface area contributed by atoms with Gasteiger partial charge in [-0.05, 0) is 40.6 Å². The van der Waals surface area contributed by atoms with Crippen LogP contribution in [0.5, 0.6) is 0 Å². The minimum absolute atomic E-state index is 0.0470. The molecule has 0 saturated carbocycles. The highest BCUT2D eigenvalue weighted by atomic mass is 32.1. The molecule has 0 aliphatic carbocycles. The zero-order valence-electron chi connectivity index (χ0n) is 11.8. The molecule has 9 heteroatoms. The number of aromatic nitrogens is 4. The van der Waals surface area contributed by atoms with Crippen molar-refractivity contribution in [2.45, 2.75) is 19.3 Å². The van der Waals surface area contributed by atoms with E-state index in [0.717, 1.165) is 12.8 Å². The lowest BCUT2D eigenvalue weighted by atomic mass is 9.93. The van der Waals surface area contributed by atoms with Crippen LogP contribution in [0.15, 0.2) is 17.8 Å². The molecule has 1 aliphatic heterocycles. The normalized spacial score (nSPS) is 15.9. The first-order valence-corrected chi connectivity index (χ1v) is 7.85. The SMILES string of the molecule is O=C(O)CC1CCN(C(=O)c2sccc2-n2cnnn2)CC1. The van der Waals surface area contributed by atoms with Gasteiger partial charge in [0.05, 0.1) is 5.69 Å². The summed E-state index contributed by atoms with van der Waals surface area (Å²) in [6.07, 6.45) is 3.09. The highest BCUT2D eigenvalue weighted by molar-refractivity contribution is 7.12. The molecule has 0 unspecified atom stereocenters. The van der Waals surface area contributed by atoms with Crippen LogP contribution in [-0.2, 0) is 4.79 Å². The molecule has 8 nitrogen and oxygen atoms in total. The van der Waals surface area contributed by atoms with Crippen LogP contribution in [0.3, 0.4) is 0 Å². The molecular formula is C13H15N5O3S. The van der Waals surface area contributed by atoms with Crippen molar-refractivity contribution in [2.75, 3.05) is 13.1 Å². The second-order valence-electron chi connectivity index (χ2n) is 5.22. The summed E-state index contributed by atoms with van der Waals surface area (Å²) >= 11 is 1.36. The highest BCUT2D eigenvalue weighted by Crippen LogP contribution is 2.26. The maximum absolute atomic E-state index is 12.6. The lowest BCUT2D eigenvalue weighted by molar-refractivity contribution is -0.138. The number of thiophene rings is 1. The van der Waals surface area contributed by atoms with Crippen LogP contribution >= 0.6 is 11.3 Å². The molecule has 1 N–H and O–H groups in total. The van der Waals surface area contributed by atoms with Crippen molar-refractivity contribution < 1.29 is 14.7 Å². The largest absolute Gasteiger partial charge is 0.481 e. The van der Waals surface area contributed by atoms with Crippen LogP contribution in [0.25, 0.3) is 5.69 Å². The van der Waals surface area contributed by atoms with Gasteiger partial charge in [-0.15, -0.1) is 16.4 Å². The first kappa shape index (κ1) is 14.6. The fourth-order valence-corrected chi connectivity index (χ4v) is 3.49. The van der Waals surface area contributed by atoms with E-state index in [1.54, 1.807) is 4.90 Å². The van der Waals surface area contributed by atoms with Gasteiger partial charge in [-0.1, -0.05) is 0 Å². The van der Waals surface area contributed by atoms with E-state index in [2.05, 4.69) is 15.5 Å². The average molecular weight is 321 g/mol. The van der Waals surface area contributed by atoms with Gasteiger partial charge in [0.2, 0.25) is 0 Å². The number of piperidine rings is 1. The summed E-state index contributed by atoms with van der Waals surface area (Å²) in [6.45, 7) is 1.17. The van der Waals surface area contributed by atoms with Crippen LogP contribution in [0.1, 0.15) is 28.9 Å². The summed E-state index contributed by atoms with van der Waals surface area (Å²) in [5, 5.41) is 21.7. The topological polar surface area (TPSA) is 101 Å². The Bertz CT molecular complexity index is 661. The fraction of sp³-hybridized carbons (Fsp3) is 0.462. The molecule has 0 aromatic carbocycles. The van der Waals surface area contributed by atoms with E-state index in [1.165, 1.54) is 22.3 Å². The molecule has 1 aliphatic rings. The van der Waals surface area contributed by atoms with Crippen LogP contribution < -0.4 is 0 Å². The molecule has 3 rings (SSSR count). The third-order valence-electron chi connectivity index (χ3n) is 3.80. The molecule has 1 amide bonds. The maximum Gasteiger partial charge on any atom is 0.303 e. The highest BCUT2D eigenvalue weighted by Gasteiger charge is 2.27. The predicted octanol–water partition coefficient (Wildman–Crippen LogP) is 1.05. The number of carbonyl (C=O) groups excluding carboxylic acids is 1. The number of hydrogen-bond acceptors (Lipinski definition) is 6. The van der Waals surface area contributed by atoms with E-state index in [1.807, 2.05) is 11.4 Å². The molecular weight excluding hydrogens is 306 g/mol. The number of carboxylic acids is 1. The fourth-order valence-electron chi connectivity index (χ4n) is 2.65. The van der Waals surface area contributed by atoms with Crippen LogP contribution in [0.4, 0.5) is 0 Å². The van der Waals surface area contributed by atoms with Gasteiger partial charge in [-0.25, -0.2) is 0 Å². The van der Waals surface area contributed by atoms with Gasteiger partial charge in [0, 0.05) is 19.5 Å². The second kappa shape index (κ2) is 6.22. The summed E-state index contributed by atoms with van der Waals surface area (Å²) in [6, 6.07) is 1.81. The van der Waals surface area contributed by atoms with Gasteiger partial charge in [0.25, 0.3) is 5.91 Å². The monoisotopic (exact) mass is 321 g/mol. The van der Waals surface area contributed by atoms with Crippen molar-refractivity contribution in [3.05, 3.63) is 22.7 Å². The summed E-state index contributed by atoms with van der Waals surface area (Å²) in [5.74, 6) is -0.665. The molecule has 1 saturated heterocycles. The Morgan fingerprint density at radius 2 is 2.14 bits per heavy atom. The molecule has 116 valence electrons. The van der Waals surface area contributed by atoms with E-state index in [0.29, 0.717) is 23.7 Å². The Morgan fingerprint density at radius 1 is 1.36 bits per heavy atom. The number of carboxylic acid groups (broad SMARTS) is 1. The summed E-state index contributed by atoms with van der Waals surface area (Å²) in [7, 11) is 0. The minimum atomic E-state index is -0.774. The smallest absolute Gasteiger partial charge is 0.303 e. The predicted molar refractivity (Wildman–Crippen MR) is 77.9 cm³/mol. The van der Waals surface area contributed by atoms with Gasteiger partial charge in [-0.3, -0.25) is 9.59 Å². The summed E-state index contributed by atoms with van der Waals surface area (Å²) < 4.78 is 1.47. The first-order chi connectivity index (χ1) is 10.6. The molecule has 22 heavy (non-hydrogen) atoms. The number of hydrogen-bond donors (Lipinski definition) is 1. The van der Waals surface area contributed by atoms with Crippen molar-refractivity contribution in [1.82, 2.24) is 25.1 Å². The molecule has 2 aromatic heterocycles. The summed E-state index contributed by atoms with van der Waals surface area (Å²) in [5.41, 5.74) is 0.674. The average Bonchev–Trinajstić information content (AvgIpc) is 3.17. The Morgan fingerprint density at radius 3 is 2.77 bits per heavy atom. The number of rotatable bonds is 4. The van der Waals surface area contributed by atoms with Gasteiger partial charge in [0.15, 0.2) is 0 Å². The maximum atomic E-state index is 12.6. The third kappa shape index (κ3) is 2.98. The summed E-state index contributed by atoms with van der Waals surface area (Å²) in [4.78, 5) is 25.8. The minimum Gasteiger partial charge on any atom is -0.481 e. The van der Waals surface area contributed by atoms with Gasteiger partial charge >= 0.3 is 5.97 Å². The van der Waals surface area contributed by atoms with Crippen LogP contribution in [0.2, 0.25) is 0 Å². The van der Waals surface area contributed by atoms with Crippen molar-refractivity contribution >= 4 is 23.2 Å². The van der Waals surface area contributed by atoms with Crippen LogP contribution in [-0.4, -0.2) is 55.2 Å². The number of tetrazole rings is 1. The number of carbonyl (C=O) groups is 2. The number of likely N-dealkylation sites (tertiary alicyclic amines) is 1. The molecule has 3 heterocycles. The van der Waals surface area contributed by atoms with E-state index in [-0.39, 0.29) is 18.2 Å². The van der Waals surface area contributed by atoms with Crippen molar-refractivity contribution in [2.24, 2.45) is 5.92 Å². The number of nitrogens with zero attached hydrogens (tertiary/aromatic N) is 5. The number of aliphatic carboxylic acids is 1. The lowest BCUT2D eigenvalue weighted by Gasteiger charge is -2.31. The quantitative estimate of drug-likeness (QED) is 0.903. The van der Waals surface area contributed by atoms with Crippen molar-refractivity contribution in [1.29, 1.82) is 0 Å². The zero-order valence-corrected chi connectivity index (χ0v) is 12.6.